The molecule has 2 heterocycles. The molecule has 0 atom stereocenters. The van der Waals surface area contributed by atoms with E-state index in [0.717, 1.165) is 56.5 Å². The molecule has 0 saturated carbocycles. The van der Waals surface area contributed by atoms with Crippen molar-refractivity contribution in [2.75, 3.05) is 26.2 Å². The number of hydrogen-bond donors (Lipinski definition) is 1. The van der Waals surface area contributed by atoms with E-state index in [2.05, 4.69) is 51.8 Å². The third-order valence-corrected chi connectivity index (χ3v) is 4.76. The van der Waals surface area contributed by atoms with Gasteiger partial charge >= 0.3 is 0 Å². The number of para-hydroxylation sites is 2. The number of aliphatic imine (C=N–C) groups is 1. The van der Waals surface area contributed by atoms with Crippen molar-refractivity contribution in [3.63, 3.8) is 0 Å². The molecule has 3 rings (SSSR count). The first-order chi connectivity index (χ1) is 11.8. The van der Waals surface area contributed by atoms with Crippen LogP contribution in [-0.2, 0) is 6.54 Å². The van der Waals surface area contributed by atoms with E-state index >= 15 is 0 Å². The number of nitrogens with zero attached hydrogens (tertiary/aromatic N) is 4. The van der Waals surface area contributed by atoms with Gasteiger partial charge in [-0.1, -0.05) is 19.1 Å². The second-order valence-electron chi connectivity index (χ2n) is 6.69. The number of fused-ring (bicyclic) bond motifs is 1. The van der Waals surface area contributed by atoms with Crippen LogP contribution in [0.25, 0.3) is 11.0 Å². The third kappa shape index (κ3) is 4.08. The van der Waals surface area contributed by atoms with E-state index in [1.54, 1.807) is 0 Å². The molecule has 2 aromatic rings. The molecule has 0 amide bonds. The zero-order chi connectivity index (χ0) is 16.8. The summed E-state index contributed by atoms with van der Waals surface area (Å²) >= 11 is 0. The number of nitrogens with one attached hydrogen (secondary N) is 1. The number of benzene rings is 1. The number of piperidine rings is 1. The molecule has 130 valence electrons. The standard InChI is InChI=1S/C19H29N5/c1-3-20-19(23-13-9-16(2)10-14-23)21-11-6-12-24-15-22-17-7-4-5-8-18(17)24/h4-5,7-8,15-16H,3,6,9-14H2,1-2H3,(H,20,21). The first-order valence-electron chi connectivity index (χ1n) is 9.21. The third-order valence-electron chi connectivity index (χ3n) is 4.76. The van der Waals surface area contributed by atoms with Crippen LogP contribution in [0.1, 0.15) is 33.1 Å². The second kappa shape index (κ2) is 8.18. The minimum atomic E-state index is 0.846. The maximum absolute atomic E-state index is 4.84. The van der Waals surface area contributed by atoms with Crippen LogP contribution in [0.2, 0.25) is 0 Å². The molecule has 0 aliphatic carbocycles. The van der Waals surface area contributed by atoms with E-state index in [1.165, 1.54) is 18.4 Å². The number of aryl methyl sites for hydroxylation is 1. The smallest absolute Gasteiger partial charge is 0.193 e. The Labute approximate surface area is 144 Å². The van der Waals surface area contributed by atoms with Crippen LogP contribution in [0, 0.1) is 5.92 Å². The predicted molar refractivity (Wildman–Crippen MR) is 100 cm³/mol. The lowest BCUT2D eigenvalue weighted by Crippen LogP contribution is -2.45. The molecule has 1 aromatic heterocycles. The highest BCUT2D eigenvalue weighted by molar-refractivity contribution is 5.80. The van der Waals surface area contributed by atoms with Crippen LogP contribution in [0.15, 0.2) is 35.6 Å². The molecular formula is C19H29N5. The van der Waals surface area contributed by atoms with Crippen molar-refractivity contribution in [1.29, 1.82) is 0 Å². The number of aromatic nitrogens is 2. The number of imidazole rings is 1. The number of likely N-dealkylation sites (tertiary alicyclic amines) is 1. The summed E-state index contributed by atoms with van der Waals surface area (Å²) in [5.74, 6) is 1.93. The lowest BCUT2D eigenvalue weighted by Gasteiger charge is -2.33. The van der Waals surface area contributed by atoms with Gasteiger partial charge in [-0.2, -0.15) is 0 Å². The molecule has 0 unspecified atom stereocenters. The van der Waals surface area contributed by atoms with Gasteiger partial charge in [0.05, 0.1) is 17.4 Å². The molecular weight excluding hydrogens is 298 g/mol. The van der Waals surface area contributed by atoms with Crippen molar-refractivity contribution in [2.45, 2.75) is 39.7 Å². The fourth-order valence-electron chi connectivity index (χ4n) is 3.26. The van der Waals surface area contributed by atoms with Crippen molar-refractivity contribution in [2.24, 2.45) is 10.9 Å². The summed E-state index contributed by atoms with van der Waals surface area (Å²) in [7, 11) is 0. The zero-order valence-corrected chi connectivity index (χ0v) is 14.9. The van der Waals surface area contributed by atoms with Gasteiger partial charge in [-0.25, -0.2) is 4.98 Å². The van der Waals surface area contributed by atoms with Crippen molar-refractivity contribution in [3.05, 3.63) is 30.6 Å². The Morgan fingerprint density at radius 2 is 2.08 bits per heavy atom. The molecule has 1 aromatic carbocycles. The van der Waals surface area contributed by atoms with E-state index in [4.69, 9.17) is 4.99 Å². The van der Waals surface area contributed by atoms with E-state index in [1.807, 2.05) is 12.4 Å². The molecule has 0 radical (unpaired) electrons. The average Bonchev–Trinajstić information content (AvgIpc) is 3.02. The van der Waals surface area contributed by atoms with E-state index in [0.29, 0.717) is 0 Å². The van der Waals surface area contributed by atoms with Crippen molar-refractivity contribution in [3.8, 4) is 0 Å². The van der Waals surface area contributed by atoms with Gasteiger partial charge in [-0.3, -0.25) is 4.99 Å². The SMILES string of the molecule is CCNC(=NCCCn1cnc2ccccc21)N1CCC(C)CC1. The minimum Gasteiger partial charge on any atom is -0.357 e. The van der Waals surface area contributed by atoms with Crippen molar-refractivity contribution < 1.29 is 0 Å². The maximum atomic E-state index is 4.84. The normalized spacial score (nSPS) is 16.8. The highest BCUT2D eigenvalue weighted by atomic mass is 15.3. The Bertz CT molecular complexity index is 667. The highest BCUT2D eigenvalue weighted by Crippen LogP contribution is 2.16. The van der Waals surface area contributed by atoms with Crippen LogP contribution in [0.3, 0.4) is 0 Å². The molecule has 24 heavy (non-hydrogen) atoms. The number of hydrogen-bond acceptors (Lipinski definition) is 2. The monoisotopic (exact) mass is 327 g/mol. The van der Waals surface area contributed by atoms with Crippen molar-refractivity contribution >= 4 is 17.0 Å². The van der Waals surface area contributed by atoms with Crippen LogP contribution in [0.5, 0.6) is 0 Å². The van der Waals surface area contributed by atoms with Gasteiger partial charge in [-0.05, 0) is 44.2 Å². The Morgan fingerprint density at radius 3 is 2.88 bits per heavy atom. The lowest BCUT2D eigenvalue weighted by molar-refractivity contribution is 0.273. The first-order valence-corrected chi connectivity index (χ1v) is 9.21. The molecule has 5 nitrogen and oxygen atoms in total. The molecule has 0 bridgehead atoms. The van der Waals surface area contributed by atoms with Crippen molar-refractivity contribution in [1.82, 2.24) is 19.8 Å². The summed E-state index contributed by atoms with van der Waals surface area (Å²) in [6.07, 6.45) is 5.50. The molecule has 1 saturated heterocycles. The van der Waals surface area contributed by atoms with E-state index in [-0.39, 0.29) is 0 Å². The quantitative estimate of drug-likeness (QED) is 0.521. The molecule has 5 heteroatoms. The minimum absolute atomic E-state index is 0.846. The van der Waals surface area contributed by atoms with Gasteiger partial charge in [0.2, 0.25) is 0 Å². The van der Waals surface area contributed by atoms with Gasteiger partial charge in [0.25, 0.3) is 0 Å². The predicted octanol–water partition coefficient (Wildman–Crippen LogP) is 3.12. The number of guanidine groups is 1. The summed E-state index contributed by atoms with van der Waals surface area (Å²) in [5.41, 5.74) is 2.27. The van der Waals surface area contributed by atoms with Gasteiger partial charge in [0.15, 0.2) is 5.96 Å². The average molecular weight is 327 g/mol. The van der Waals surface area contributed by atoms with Gasteiger partial charge in [0.1, 0.15) is 0 Å². The number of rotatable bonds is 5. The van der Waals surface area contributed by atoms with Crippen LogP contribution < -0.4 is 5.32 Å². The largest absolute Gasteiger partial charge is 0.357 e. The molecule has 1 fully saturated rings. The lowest BCUT2D eigenvalue weighted by atomic mass is 10.00. The summed E-state index contributed by atoms with van der Waals surface area (Å²) < 4.78 is 2.22. The molecule has 0 spiro atoms. The highest BCUT2D eigenvalue weighted by Gasteiger charge is 2.18. The topological polar surface area (TPSA) is 45.5 Å². The van der Waals surface area contributed by atoms with E-state index < -0.39 is 0 Å². The summed E-state index contributed by atoms with van der Waals surface area (Å²) in [6.45, 7) is 9.47. The van der Waals surface area contributed by atoms with Gasteiger partial charge in [-0.15, -0.1) is 0 Å². The zero-order valence-electron chi connectivity index (χ0n) is 14.9. The fourth-order valence-corrected chi connectivity index (χ4v) is 3.26. The Hall–Kier alpha value is -2.04. The Balaban J connectivity index is 1.55. The molecule has 1 N–H and O–H groups in total. The summed E-state index contributed by atoms with van der Waals surface area (Å²) in [4.78, 5) is 11.7. The van der Waals surface area contributed by atoms with Crippen LogP contribution in [0.4, 0.5) is 0 Å². The van der Waals surface area contributed by atoms with Gasteiger partial charge in [0, 0.05) is 32.7 Å². The van der Waals surface area contributed by atoms with Crippen LogP contribution in [-0.4, -0.2) is 46.6 Å². The van der Waals surface area contributed by atoms with E-state index in [9.17, 15) is 0 Å². The second-order valence-corrected chi connectivity index (χ2v) is 6.69. The maximum Gasteiger partial charge on any atom is 0.193 e. The molecule has 1 aliphatic rings. The fraction of sp³-hybridized carbons (Fsp3) is 0.579. The summed E-state index contributed by atoms with van der Waals surface area (Å²) in [5, 5.41) is 3.45. The first kappa shape index (κ1) is 16.8. The molecule has 1 aliphatic heterocycles. The van der Waals surface area contributed by atoms with Crippen LogP contribution >= 0.6 is 0 Å². The Morgan fingerprint density at radius 1 is 1.29 bits per heavy atom. The van der Waals surface area contributed by atoms with Gasteiger partial charge < -0.3 is 14.8 Å². The summed E-state index contributed by atoms with van der Waals surface area (Å²) in [6, 6.07) is 8.29. The Kier molecular flexibility index (Phi) is 5.72.